The molecule has 0 fully saturated rings. The maximum atomic E-state index is 5.10. The molecule has 94 valence electrons. The first-order chi connectivity index (χ1) is 8.30. The van der Waals surface area contributed by atoms with Crippen molar-refractivity contribution >= 4 is 0 Å². The third-order valence-electron chi connectivity index (χ3n) is 3.01. The number of ether oxygens (including phenoxy) is 1. The first-order valence-corrected chi connectivity index (χ1v) is 6.13. The molecule has 2 heteroatoms. The van der Waals surface area contributed by atoms with Crippen molar-refractivity contribution in [3.8, 4) is 0 Å². The zero-order chi connectivity index (χ0) is 12.5. The molecule has 0 aromatic heterocycles. The lowest BCUT2D eigenvalue weighted by atomic mass is 10.0. The summed E-state index contributed by atoms with van der Waals surface area (Å²) in [6.07, 6.45) is 10.3. The molecule has 0 saturated carbocycles. The first-order valence-electron chi connectivity index (χ1n) is 6.13. The van der Waals surface area contributed by atoms with Gasteiger partial charge in [0, 0.05) is 33.4 Å². The smallest absolute Gasteiger partial charge is 0.0499 e. The second-order valence-electron chi connectivity index (χ2n) is 4.27. The number of hydrogen-bond donors (Lipinski definition) is 0. The molecule has 0 saturated heterocycles. The van der Waals surface area contributed by atoms with Gasteiger partial charge in [0.1, 0.15) is 0 Å². The normalized spacial score (nSPS) is 17.7. The van der Waals surface area contributed by atoms with Crippen molar-refractivity contribution in [3.63, 3.8) is 0 Å². The average Bonchev–Trinajstić information content (AvgIpc) is 2.37. The van der Waals surface area contributed by atoms with Crippen molar-refractivity contribution in [2.24, 2.45) is 0 Å². The quantitative estimate of drug-likeness (QED) is 0.495. The number of allylic oxidation sites excluding steroid dienone is 2. The monoisotopic (exact) mass is 233 g/mol. The summed E-state index contributed by atoms with van der Waals surface area (Å²) in [6.45, 7) is 11.5. The number of nitrogens with zero attached hydrogens (tertiary/aromatic N) is 1. The fourth-order valence-corrected chi connectivity index (χ4v) is 1.95. The van der Waals surface area contributed by atoms with E-state index >= 15 is 0 Å². The van der Waals surface area contributed by atoms with Gasteiger partial charge in [-0.1, -0.05) is 43.0 Å². The Morgan fingerprint density at radius 3 is 2.88 bits per heavy atom. The average molecular weight is 233 g/mol. The minimum atomic E-state index is 0.833. The molecule has 17 heavy (non-hydrogen) atoms. The van der Waals surface area contributed by atoms with Crippen molar-refractivity contribution in [1.29, 1.82) is 0 Å². The van der Waals surface area contributed by atoms with Gasteiger partial charge in [-0.2, -0.15) is 0 Å². The van der Waals surface area contributed by atoms with Crippen LogP contribution in [0.1, 0.15) is 12.8 Å². The molecular weight excluding hydrogens is 210 g/mol. The highest BCUT2D eigenvalue weighted by Crippen LogP contribution is 2.15. The van der Waals surface area contributed by atoms with E-state index in [9.17, 15) is 0 Å². The van der Waals surface area contributed by atoms with Gasteiger partial charge in [0.2, 0.25) is 0 Å². The lowest BCUT2D eigenvalue weighted by Gasteiger charge is -2.26. The Bertz CT molecular complexity index is 315. The van der Waals surface area contributed by atoms with Gasteiger partial charge < -0.3 is 4.74 Å². The second-order valence-corrected chi connectivity index (χ2v) is 4.27. The van der Waals surface area contributed by atoms with Crippen LogP contribution in [-0.2, 0) is 4.74 Å². The molecule has 1 aliphatic heterocycles. The van der Waals surface area contributed by atoms with Crippen LogP contribution in [0.4, 0.5) is 0 Å². The fraction of sp³-hybridized carbons (Fsp3) is 0.467. The predicted octanol–water partition coefficient (Wildman–Crippen LogP) is 2.95. The minimum absolute atomic E-state index is 0.833. The van der Waals surface area contributed by atoms with Crippen molar-refractivity contribution in [1.82, 2.24) is 4.90 Å². The zero-order valence-electron chi connectivity index (χ0n) is 10.8. The van der Waals surface area contributed by atoms with Crippen molar-refractivity contribution < 1.29 is 4.74 Å². The Morgan fingerprint density at radius 1 is 1.53 bits per heavy atom. The molecule has 0 aliphatic carbocycles. The van der Waals surface area contributed by atoms with E-state index in [2.05, 4.69) is 24.1 Å². The summed E-state index contributed by atoms with van der Waals surface area (Å²) in [6, 6.07) is 0. The molecular formula is C15H23NO. The highest BCUT2D eigenvalue weighted by molar-refractivity contribution is 5.23. The van der Waals surface area contributed by atoms with Crippen LogP contribution < -0.4 is 0 Å². The van der Waals surface area contributed by atoms with Gasteiger partial charge in [-0.25, -0.2) is 0 Å². The Labute approximate surface area is 105 Å². The van der Waals surface area contributed by atoms with E-state index in [1.54, 1.807) is 7.11 Å². The maximum absolute atomic E-state index is 5.10. The Hall–Kier alpha value is -1.12. The lowest BCUT2D eigenvalue weighted by Crippen LogP contribution is -2.30. The molecule has 0 bridgehead atoms. The molecule has 0 aromatic rings. The van der Waals surface area contributed by atoms with Crippen LogP contribution in [0.2, 0.25) is 0 Å². The van der Waals surface area contributed by atoms with Gasteiger partial charge in [-0.05, 0) is 18.4 Å². The van der Waals surface area contributed by atoms with E-state index < -0.39 is 0 Å². The molecule has 0 radical (unpaired) electrons. The van der Waals surface area contributed by atoms with E-state index in [-0.39, 0.29) is 0 Å². The molecule has 1 heterocycles. The highest BCUT2D eigenvalue weighted by atomic mass is 16.5. The molecule has 0 aromatic carbocycles. The van der Waals surface area contributed by atoms with E-state index in [0.29, 0.717) is 0 Å². The standard InChI is InChI=1S/C15H23NO/c1-4-6-14(5-2)13-16-10-7-15(8-11-16)9-12-17-3/h4-7H,1-2,8-13H2,3H3/b14-6+. The highest BCUT2D eigenvalue weighted by Gasteiger charge is 2.11. The molecule has 0 N–H and O–H groups in total. The Kier molecular flexibility index (Phi) is 6.60. The van der Waals surface area contributed by atoms with Gasteiger partial charge in [0.05, 0.1) is 0 Å². The molecule has 1 rings (SSSR count). The number of methoxy groups -OCH3 is 1. The van der Waals surface area contributed by atoms with Crippen LogP contribution in [0.3, 0.4) is 0 Å². The molecule has 0 amide bonds. The van der Waals surface area contributed by atoms with E-state index in [0.717, 1.165) is 39.1 Å². The fourth-order valence-electron chi connectivity index (χ4n) is 1.95. The van der Waals surface area contributed by atoms with Gasteiger partial charge in [0.15, 0.2) is 0 Å². The summed E-state index contributed by atoms with van der Waals surface area (Å²) >= 11 is 0. The van der Waals surface area contributed by atoms with Crippen LogP contribution in [-0.4, -0.2) is 38.3 Å². The van der Waals surface area contributed by atoms with Crippen LogP contribution in [0.25, 0.3) is 0 Å². The molecule has 0 atom stereocenters. The van der Waals surface area contributed by atoms with Crippen LogP contribution in [0.15, 0.2) is 48.6 Å². The van der Waals surface area contributed by atoms with Gasteiger partial charge in [0.25, 0.3) is 0 Å². The Balaban J connectivity index is 2.40. The predicted molar refractivity (Wildman–Crippen MR) is 74.1 cm³/mol. The maximum Gasteiger partial charge on any atom is 0.0499 e. The number of rotatable bonds is 7. The lowest BCUT2D eigenvalue weighted by molar-refractivity contribution is 0.199. The molecule has 1 aliphatic rings. The molecule has 0 spiro atoms. The summed E-state index contributed by atoms with van der Waals surface area (Å²) in [7, 11) is 1.76. The van der Waals surface area contributed by atoms with Crippen molar-refractivity contribution in [3.05, 3.63) is 48.6 Å². The third kappa shape index (κ3) is 5.16. The SMILES string of the molecule is C=C/C=C(\C=C)CN1CC=C(CCOC)CC1. The van der Waals surface area contributed by atoms with E-state index in [1.807, 2.05) is 18.2 Å². The second kappa shape index (κ2) is 8.04. The minimum Gasteiger partial charge on any atom is -0.384 e. The van der Waals surface area contributed by atoms with Gasteiger partial charge in [-0.15, -0.1) is 0 Å². The van der Waals surface area contributed by atoms with Crippen LogP contribution in [0.5, 0.6) is 0 Å². The first kappa shape index (κ1) is 13.9. The number of hydrogen-bond acceptors (Lipinski definition) is 2. The summed E-state index contributed by atoms with van der Waals surface area (Å²) in [5.74, 6) is 0. The van der Waals surface area contributed by atoms with Gasteiger partial charge in [-0.3, -0.25) is 4.90 Å². The third-order valence-corrected chi connectivity index (χ3v) is 3.01. The molecule has 2 nitrogen and oxygen atoms in total. The largest absolute Gasteiger partial charge is 0.384 e. The van der Waals surface area contributed by atoms with E-state index in [4.69, 9.17) is 4.74 Å². The van der Waals surface area contributed by atoms with Crippen LogP contribution >= 0.6 is 0 Å². The topological polar surface area (TPSA) is 12.5 Å². The Morgan fingerprint density at radius 2 is 2.35 bits per heavy atom. The van der Waals surface area contributed by atoms with Crippen molar-refractivity contribution in [2.75, 3.05) is 33.4 Å². The van der Waals surface area contributed by atoms with Crippen molar-refractivity contribution in [2.45, 2.75) is 12.8 Å². The summed E-state index contributed by atoms with van der Waals surface area (Å²) in [4.78, 5) is 2.42. The zero-order valence-corrected chi connectivity index (χ0v) is 10.8. The summed E-state index contributed by atoms with van der Waals surface area (Å²) < 4.78 is 5.10. The van der Waals surface area contributed by atoms with E-state index in [1.165, 1.54) is 11.1 Å². The summed E-state index contributed by atoms with van der Waals surface area (Å²) in [5, 5.41) is 0. The molecule has 0 unspecified atom stereocenters. The van der Waals surface area contributed by atoms with Gasteiger partial charge >= 0.3 is 0 Å². The summed E-state index contributed by atoms with van der Waals surface area (Å²) in [5.41, 5.74) is 2.75. The van der Waals surface area contributed by atoms with Crippen LogP contribution in [0, 0.1) is 0 Å².